The zero-order chi connectivity index (χ0) is 40.4. The zero-order valence-corrected chi connectivity index (χ0v) is 33.0. The van der Waals surface area contributed by atoms with Crippen molar-refractivity contribution in [2.75, 3.05) is 33.8 Å². The highest BCUT2D eigenvalue weighted by molar-refractivity contribution is 9.09. The molecule has 2 amide bonds. The summed E-state index contributed by atoms with van der Waals surface area (Å²) in [4.78, 5) is 49.5. The van der Waals surface area contributed by atoms with E-state index in [4.69, 9.17) is 9.84 Å². The first-order valence-electron chi connectivity index (χ1n) is 17.6. The second kappa shape index (κ2) is 19.5. The van der Waals surface area contributed by atoms with E-state index >= 15 is 0 Å². The summed E-state index contributed by atoms with van der Waals surface area (Å²) < 4.78 is 43.3. The number of Topliss-reactive ketones (excluding diaryl/α,β-unsaturated/α-hetero) is 1. The maximum Gasteiger partial charge on any atom is 0.292 e. The fraction of sp³-hybridized carbons (Fsp3) is 0.317. The lowest BCUT2D eigenvalue weighted by Crippen LogP contribution is -2.54. The van der Waals surface area contributed by atoms with E-state index in [1.54, 1.807) is 54.3 Å². The van der Waals surface area contributed by atoms with Crippen LogP contribution >= 0.6 is 15.9 Å². The number of halogens is 4. The van der Waals surface area contributed by atoms with Gasteiger partial charge >= 0.3 is 0 Å². The SMILES string of the molecule is CC(Br)c1ccc(F)cc1.CC(O)c1ccc(F)cc1.CNC(=O)C(=O)c1c[nH]c2nc(OC)c(C(=O)N3CCN([C@H](C)c4ccc(F)cc4)C[C@H]3C)cc12. The standard InChI is InChI=1S/C25H28FN5O4.C8H8BrF.C8H9FO/c1-14-13-30(15(2)16-5-7-17(26)8-6-16)9-10-31(14)25(34)19-11-18-20(21(32)23(33)27-3)12-28-22(18)29-24(19)35-4;1-6(9)7-2-4-8(10)5-3-7;1-6(10)7-2-4-8(9)5-3-7/h5-8,11-12,14-15H,9-10,13H2,1-4H3,(H,27,33)(H,28,29);2-6H,1H3;2-6,10H,1H3/t14-,15-;;/m1../s1. The first-order valence-corrected chi connectivity index (χ1v) is 18.5. The number of aromatic amines is 1. The van der Waals surface area contributed by atoms with E-state index in [9.17, 15) is 27.6 Å². The number of ether oxygens (including phenoxy) is 1. The predicted molar refractivity (Wildman–Crippen MR) is 209 cm³/mol. The third-order valence-electron chi connectivity index (χ3n) is 9.23. The van der Waals surface area contributed by atoms with Crippen LogP contribution in [0.3, 0.4) is 0 Å². The van der Waals surface area contributed by atoms with E-state index in [1.165, 1.54) is 56.8 Å². The molecule has 14 heteroatoms. The number of hydrogen-bond acceptors (Lipinski definition) is 7. The molecule has 1 saturated heterocycles. The molecule has 0 radical (unpaired) electrons. The van der Waals surface area contributed by atoms with Gasteiger partial charge < -0.3 is 25.0 Å². The largest absolute Gasteiger partial charge is 0.480 e. The lowest BCUT2D eigenvalue weighted by molar-refractivity contribution is -0.116. The van der Waals surface area contributed by atoms with Crippen molar-refractivity contribution in [1.82, 2.24) is 25.1 Å². The summed E-state index contributed by atoms with van der Waals surface area (Å²) in [5, 5.41) is 11.7. The molecule has 1 fully saturated rings. The van der Waals surface area contributed by atoms with Crippen LogP contribution in [0.4, 0.5) is 13.2 Å². The number of carbonyl (C=O) groups excluding carboxylic acids is 3. The molecular weight excluding hydrogens is 779 g/mol. The van der Waals surface area contributed by atoms with Crippen molar-refractivity contribution in [3.05, 3.63) is 130 Å². The number of ketones is 1. The summed E-state index contributed by atoms with van der Waals surface area (Å²) in [5.74, 6) is -2.33. The number of carbonyl (C=O) groups is 3. The van der Waals surface area contributed by atoms with Gasteiger partial charge in [0.15, 0.2) is 0 Å². The predicted octanol–water partition coefficient (Wildman–Crippen LogP) is 7.71. The Labute approximate surface area is 326 Å². The quantitative estimate of drug-likeness (QED) is 0.0832. The van der Waals surface area contributed by atoms with E-state index < -0.39 is 17.8 Å². The van der Waals surface area contributed by atoms with Crippen molar-refractivity contribution in [3.8, 4) is 5.88 Å². The molecular formula is C41H45BrF3N5O5. The number of alkyl halides is 1. The molecule has 0 aliphatic carbocycles. The average Bonchev–Trinajstić information content (AvgIpc) is 3.60. The van der Waals surface area contributed by atoms with Gasteiger partial charge in [-0.25, -0.2) is 13.2 Å². The van der Waals surface area contributed by atoms with Gasteiger partial charge in [-0.2, -0.15) is 4.98 Å². The number of likely N-dealkylation sites (N-methyl/N-ethyl adjacent to an activating group) is 1. The Balaban J connectivity index is 0.000000272. The Kier molecular flexibility index (Phi) is 15.1. The van der Waals surface area contributed by atoms with Crippen LogP contribution in [-0.2, 0) is 4.79 Å². The van der Waals surface area contributed by atoms with E-state index in [2.05, 4.69) is 43.0 Å². The Morgan fingerprint density at radius 2 is 1.40 bits per heavy atom. The van der Waals surface area contributed by atoms with Gasteiger partial charge in [-0.1, -0.05) is 52.3 Å². The number of fused-ring (bicyclic) bond motifs is 1. The van der Waals surface area contributed by atoms with Crippen LogP contribution in [0, 0.1) is 17.5 Å². The minimum Gasteiger partial charge on any atom is -0.480 e. The number of aliphatic hydroxyl groups is 1. The number of pyridine rings is 1. The second-order valence-corrected chi connectivity index (χ2v) is 14.4. The number of aliphatic hydroxyl groups excluding tert-OH is 1. The molecule has 3 heterocycles. The molecule has 292 valence electrons. The van der Waals surface area contributed by atoms with Crippen molar-refractivity contribution in [1.29, 1.82) is 0 Å². The number of aromatic nitrogens is 2. The molecule has 3 aromatic carbocycles. The van der Waals surface area contributed by atoms with E-state index in [1.807, 2.05) is 13.8 Å². The summed E-state index contributed by atoms with van der Waals surface area (Å²) in [5.41, 5.74) is 3.54. The highest BCUT2D eigenvalue weighted by Crippen LogP contribution is 2.29. The Morgan fingerprint density at radius 1 is 0.873 bits per heavy atom. The highest BCUT2D eigenvalue weighted by atomic mass is 79.9. The first-order chi connectivity index (χ1) is 26.1. The van der Waals surface area contributed by atoms with Gasteiger partial charge in [-0.3, -0.25) is 19.3 Å². The second-order valence-electron chi connectivity index (χ2n) is 13.0. The van der Waals surface area contributed by atoms with E-state index in [0.717, 1.165) is 16.7 Å². The number of benzene rings is 3. The van der Waals surface area contributed by atoms with Gasteiger partial charge in [-0.15, -0.1) is 0 Å². The number of piperazine rings is 1. The molecule has 10 nitrogen and oxygen atoms in total. The molecule has 1 aliphatic rings. The third kappa shape index (κ3) is 11.0. The van der Waals surface area contributed by atoms with Gasteiger partial charge in [0.2, 0.25) is 5.88 Å². The summed E-state index contributed by atoms with van der Waals surface area (Å²) >= 11 is 3.38. The highest BCUT2D eigenvalue weighted by Gasteiger charge is 2.33. The molecule has 5 aromatic rings. The van der Waals surface area contributed by atoms with Gasteiger partial charge in [0.25, 0.3) is 17.6 Å². The Bertz CT molecular complexity index is 2010. The van der Waals surface area contributed by atoms with Crippen LogP contribution in [0.25, 0.3) is 11.0 Å². The molecule has 0 saturated carbocycles. The number of H-pyrrole nitrogens is 1. The molecule has 55 heavy (non-hydrogen) atoms. The van der Waals surface area contributed by atoms with Crippen LogP contribution in [0.15, 0.2) is 85.1 Å². The molecule has 0 bridgehead atoms. The lowest BCUT2D eigenvalue weighted by atomic mass is 10.0. The van der Waals surface area contributed by atoms with Crippen LogP contribution < -0.4 is 10.1 Å². The molecule has 2 aromatic heterocycles. The van der Waals surface area contributed by atoms with Gasteiger partial charge in [0.1, 0.15) is 28.7 Å². The number of amides is 2. The van der Waals surface area contributed by atoms with E-state index in [-0.39, 0.29) is 52.4 Å². The van der Waals surface area contributed by atoms with E-state index in [0.29, 0.717) is 35.5 Å². The van der Waals surface area contributed by atoms with Crippen LogP contribution in [0.5, 0.6) is 5.88 Å². The summed E-state index contributed by atoms with van der Waals surface area (Å²) in [6.45, 7) is 9.43. The first kappa shape index (κ1) is 42.7. The third-order valence-corrected chi connectivity index (χ3v) is 9.76. The fourth-order valence-electron chi connectivity index (χ4n) is 5.98. The van der Waals surface area contributed by atoms with Crippen LogP contribution in [0.1, 0.15) is 82.1 Å². The summed E-state index contributed by atoms with van der Waals surface area (Å²) in [6.07, 6.45) is 0.891. The minimum absolute atomic E-state index is 0.0704. The molecule has 0 spiro atoms. The zero-order valence-electron chi connectivity index (χ0n) is 31.4. The monoisotopic (exact) mass is 823 g/mol. The summed E-state index contributed by atoms with van der Waals surface area (Å²) in [7, 11) is 2.81. The van der Waals surface area contributed by atoms with Crippen LogP contribution in [-0.4, -0.2) is 82.3 Å². The molecule has 2 unspecified atom stereocenters. The molecule has 4 atom stereocenters. The number of methoxy groups -OCH3 is 1. The number of hydrogen-bond donors (Lipinski definition) is 3. The number of rotatable bonds is 8. The number of nitrogens with zero attached hydrogens (tertiary/aromatic N) is 3. The normalized spacial score (nSPS) is 15.8. The number of nitrogens with one attached hydrogen (secondary N) is 2. The topological polar surface area (TPSA) is 128 Å². The molecule has 3 N–H and O–H groups in total. The van der Waals surface area contributed by atoms with Crippen molar-refractivity contribution < 1.29 is 37.4 Å². The maximum atomic E-state index is 13.6. The smallest absolute Gasteiger partial charge is 0.292 e. The fourth-order valence-corrected chi connectivity index (χ4v) is 6.28. The maximum absolute atomic E-state index is 13.6. The minimum atomic E-state index is -0.755. The average molecular weight is 825 g/mol. The van der Waals surface area contributed by atoms with Crippen LogP contribution in [0.2, 0.25) is 0 Å². The van der Waals surface area contributed by atoms with Gasteiger partial charge in [0, 0.05) is 55.2 Å². The van der Waals surface area contributed by atoms with Gasteiger partial charge in [-0.05, 0) is 86.8 Å². The van der Waals surface area contributed by atoms with Gasteiger partial charge in [0.05, 0.1) is 18.8 Å². The molecule has 6 rings (SSSR count). The molecule has 1 aliphatic heterocycles. The Hall–Kier alpha value is -5.05. The summed E-state index contributed by atoms with van der Waals surface area (Å²) in [6, 6.07) is 20.3. The lowest BCUT2D eigenvalue weighted by Gasteiger charge is -2.42. The van der Waals surface area contributed by atoms with Crippen molar-refractivity contribution in [2.45, 2.75) is 50.7 Å². The van der Waals surface area contributed by atoms with Crippen molar-refractivity contribution >= 4 is 44.6 Å². The Morgan fingerprint density at radius 3 is 1.87 bits per heavy atom. The van der Waals surface area contributed by atoms with Crippen molar-refractivity contribution in [3.63, 3.8) is 0 Å². The van der Waals surface area contributed by atoms with Crippen molar-refractivity contribution in [2.24, 2.45) is 0 Å².